The number of para-hydroxylation sites is 1. The van der Waals surface area contributed by atoms with Crippen LogP contribution in [-0.4, -0.2) is 15.5 Å². The van der Waals surface area contributed by atoms with Gasteiger partial charge in [-0.2, -0.15) is 0 Å². The molecule has 1 aromatic carbocycles. The van der Waals surface area contributed by atoms with Crippen molar-refractivity contribution in [2.45, 2.75) is 25.9 Å². The molecule has 1 aromatic heterocycles. The Kier molecular flexibility index (Phi) is 3.97. The Morgan fingerprint density at radius 2 is 2.11 bits per heavy atom. The van der Waals surface area contributed by atoms with Crippen molar-refractivity contribution in [1.29, 1.82) is 0 Å². The van der Waals surface area contributed by atoms with Crippen molar-refractivity contribution >= 4 is 5.69 Å². The first-order chi connectivity index (χ1) is 9.06. The number of rotatable bonds is 5. The van der Waals surface area contributed by atoms with Crippen molar-refractivity contribution < 1.29 is 4.92 Å². The molecule has 1 atom stereocenters. The molecule has 19 heavy (non-hydrogen) atoms. The van der Waals surface area contributed by atoms with Crippen LogP contribution in [0, 0.1) is 10.1 Å². The Morgan fingerprint density at radius 3 is 2.79 bits per heavy atom. The topological polar surface area (TPSA) is 74.1 Å². The molecule has 5 heteroatoms. The standard InChI is InChI=1S/C14H17N3O2/c1-11(15)8-12-6-7-16(9-12)10-13-4-2-3-5-14(13)17(18)19/h2-7,9,11H,8,10,15H2,1H3. The molecule has 1 unspecified atom stereocenters. The van der Waals surface area contributed by atoms with E-state index in [0.717, 1.165) is 12.0 Å². The van der Waals surface area contributed by atoms with Gasteiger partial charge in [0.2, 0.25) is 0 Å². The lowest BCUT2D eigenvalue weighted by molar-refractivity contribution is -0.385. The van der Waals surface area contributed by atoms with Gasteiger partial charge in [-0.15, -0.1) is 0 Å². The van der Waals surface area contributed by atoms with E-state index < -0.39 is 0 Å². The van der Waals surface area contributed by atoms with E-state index >= 15 is 0 Å². The largest absolute Gasteiger partial charge is 0.349 e. The maximum absolute atomic E-state index is 10.9. The first kappa shape index (κ1) is 13.3. The van der Waals surface area contributed by atoms with E-state index in [9.17, 15) is 10.1 Å². The maximum Gasteiger partial charge on any atom is 0.274 e. The van der Waals surface area contributed by atoms with Crippen molar-refractivity contribution in [3.05, 3.63) is 64.0 Å². The summed E-state index contributed by atoms with van der Waals surface area (Å²) in [7, 11) is 0. The van der Waals surface area contributed by atoms with Gasteiger partial charge in [0.1, 0.15) is 0 Å². The molecular formula is C14H17N3O2. The summed E-state index contributed by atoms with van der Waals surface area (Å²) < 4.78 is 1.94. The van der Waals surface area contributed by atoms with Gasteiger partial charge in [-0.3, -0.25) is 10.1 Å². The highest BCUT2D eigenvalue weighted by Crippen LogP contribution is 2.19. The van der Waals surface area contributed by atoms with E-state index in [1.807, 2.05) is 36.0 Å². The summed E-state index contributed by atoms with van der Waals surface area (Å²) in [5.41, 5.74) is 7.76. The zero-order valence-electron chi connectivity index (χ0n) is 10.8. The molecule has 0 aliphatic rings. The minimum atomic E-state index is -0.346. The Balaban J connectivity index is 2.17. The zero-order valence-corrected chi connectivity index (χ0v) is 10.8. The molecule has 2 rings (SSSR count). The molecule has 2 N–H and O–H groups in total. The van der Waals surface area contributed by atoms with Gasteiger partial charge in [0.25, 0.3) is 5.69 Å². The van der Waals surface area contributed by atoms with E-state index in [4.69, 9.17) is 5.73 Å². The second-order valence-corrected chi connectivity index (χ2v) is 4.76. The van der Waals surface area contributed by atoms with Crippen LogP contribution in [0.4, 0.5) is 5.69 Å². The van der Waals surface area contributed by atoms with Gasteiger partial charge in [-0.1, -0.05) is 18.2 Å². The molecule has 0 aliphatic carbocycles. The summed E-state index contributed by atoms with van der Waals surface area (Å²) in [5.74, 6) is 0. The van der Waals surface area contributed by atoms with Crippen molar-refractivity contribution in [1.82, 2.24) is 4.57 Å². The Morgan fingerprint density at radius 1 is 1.37 bits per heavy atom. The summed E-state index contributed by atoms with van der Waals surface area (Å²) in [6.07, 6.45) is 4.72. The van der Waals surface area contributed by atoms with E-state index in [2.05, 4.69) is 0 Å². The second kappa shape index (κ2) is 5.67. The van der Waals surface area contributed by atoms with Gasteiger partial charge in [0, 0.05) is 30.1 Å². The maximum atomic E-state index is 10.9. The predicted molar refractivity (Wildman–Crippen MR) is 74.0 cm³/mol. The van der Waals surface area contributed by atoms with Crippen LogP contribution in [0.25, 0.3) is 0 Å². The Labute approximate surface area is 111 Å². The number of aromatic nitrogens is 1. The number of nitrogens with two attached hydrogens (primary N) is 1. The molecule has 100 valence electrons. The first-order valence-electron chi connectivity index (χ1n) is 6.19. The highest BCUT2D eigenvalue weighted by atomic mass is 16.6. The van der Waals surface area contributed by atoms with E-state index in [1.165, 1.54) is 6.07 Å². The van der Waals surface area contributed by atoms with Crippen LogP contribution in [0.5, 0.6) is 0 Å². The number of benzene rings is 1. The van der Waals surface area contributed by atoms with Crippen LogP contribution >= 0.6 is 0 Å². The van der Waals surface area contributed by atoms with Crippen LogP contribution in [0.3, 0.4) is 0 Å². The van der Waals surface area contributed by atoms with E-state index in [1.54, 1.807) is 12.1 Å². The van der Waals surface area contributed by atoms with Gasteiger partial charge < -0.3 is 10.3 Å². The van der Waals surface area contributed by atoms with Crippen molar-refractivity contribution in [2.24, 2.45) is 5.73 Å². The van der Waals surface area contributed by atoms with Crippen LogP contribution < -0.4 is 5.73 Å². The van der Waals surface area contributed by atoms with Gasteiger partial charge in [-0.05, 0) is 25.0 Å². The number of nitrogens with zero attached hydrogens (tertiary/aromatic N) is 2. The molecule has 0 saturated heterocycles. The summed E-state index contributed by atoms with van der Waals surface area (Å²) in [5, 5.41) is 10.9. The quantitative estimate of drug-likeness (QED) is 0.661. The number of nitro groups is 1. The van der Waals surface area contributed by atoms with Crippen molar-refractivity contribution in [2.75, 3.05) is 0 Å². The minimum Gasteiger partial charge on any atom is -0.349 e. The fraction of sp³-hybridized carbons (Fsp3) is 0.286. The molecule has 1 heterocycles. The van der Waals surface area contributed by atoms with Crippen LogP contribution in [-0.2, 0) is 13.0 Å². The Bertz CT molecular complexity index is 576. The zero-order chi connectivity index (χ0) is 13.8. The summed E-state index contributed by atoms with van der Waals surface area (Å²) in [6.45, 7) is 2.45. The van der Waals surface area contributed by atoms with Gasteiger partial charge in [-0.25, -0.2) is 0 Å². The molecule has 0 fully saturated rings. The third kappa shape index (κ3) is 3.42. The SMILES string of the molecule is CC(N)Cc1ccn(Cc2ccccc2[N+](=O)[O-])c1. The fourth-order valence-corrected chi connectivity index (χ4v) is 2.10. The third-order valence-electron chi connectivity index (χ3n) is 2.91. The number of hydrogen-bond donors (Lipinski definition) is 1. The monoisotopic (exact) mass is 259 g/mol. The fourth-order valence-electron chi connectivity index (χ4n) is 2.10. The normalized spacial score (nSPS) is 12.3. The molecule has 0 spiro atoms. The van der Waals surface area contributed by atoms with Crippen molar-refractivity contribution in [3.63, 3.8) is 0 Å². The van der Waals surface area contributed by atoms with Gasteiger partial charge in [0.05, 0.1) is 11.5 Å². The molecule has 0 radical (unpaired) electrons. The molecule has 0 amide bonds. The molecule has 0 aliphatic heterocycles. The second-order valence-electron chi connectivity index (χ2n) is 4.76. The minimum absolute atomic E-state index is 0.113. The highest BCUT2D eigenvalue weighted by molar-refractivity contribution is 5.40. The molecule has 0 bridgehead atoms. The van der Waals surface area contributed by atoms with Crippen LogP contribution in [0.15, 0.2) is 42.7 Å². The third-order valence-corrected chi connectivity index (χ3v) is 2.91. The average molecular weight is 259 g/mol. The predicted octanol–water partition coefficient (Wildman–Crippen LogP) is 2.33. The summed E-state index contributed by atoms with van der Waals surface area (Å²) in [4.78, 5) is 10.6. The van der Waals surface area contributed by atoms with E-state index in [-0.39, 0.29) is 16.7 Å². The van der Waals surface area contributed by atoms with E-state index in [0.29, 0.717) is 12.1 Å². The molecule has 5 nitrogen and oxygen atoms in total. The molecule has 0 saturated carbocycles. The van der Waals surface area contributed by atoms with Crippen molar-refractivity contribution in [3.8, 4) is 0 Å². The van der Waals surface area contributed by atoms with Gasteiger partial charge >= 0.3 is 0 Å². The number of nitro benzene ring substituents is 1. The lowest BCUT2D eigenvalue weighted by atomic mass is 10.1. The van der Waals surface area contributed by atoms with Crippen LogP contribution in [0.1, 0.15) is 18.1 Å². The lowest BCUT2D eigenvalue weighted by Gasteiger charge is -2.05. The number of hydrogen-bond acceptors (Lipinski definition) is 3. The summed E-state index contributed by atoms with van der Waals surface area (Å²) >= 11 is 0. The summed E-state index contributed by atoms with van der Waals surface area (Å²) in [6, 6.07) is 8.92. The smallest absolute Gasteiger partial charge is 0.274 e. The van der Waals surface area contributed by atoms with Gasteiger partial charge in [0.15, 0.2) is 0 Å². The Hall–Kier alpha value is -2.14. The lowest BCUT2D eigenvalue weighted by Crippen LogP contribution is -2.17. The highest BCUT2D eigenvalue weighted by Gasteiger charge is 2.12. The van der Waals surface area contributed by atoms with Crippen LogP contribution in [0.2, 0.25) is 0 Å². The first-order valence-corrected chi connectivity index (χ1v) is 6.19. The molecular weight excluding hydrogens is 242 g/mol. The molecule has 2 aromatic rings. The average Bonchev–Trinajstić information content (AvgIpc) is 2.76.